The van der Waals surface area contributed by atoms with Crippen LogP contribution in [0, 0.1) is 0 Å². The van der Waals surface area contributed by atoms with Gasteiger partial charge < -0.3 is 10.4 Å². The molecule has 0 aromatic carbocycles. The zero-order valence-corrected chi connectivity index (χ0v) is 4.14. The first-order valence-electron chi connectivity index (χ1n) is 2.21. The molecule has 0 fully saturated rings. The molecule has 1 amide bonds. The number of hydrogen-bond donors (Lipinski definition) is 3. The summed E-state index contributed by atoms with van der Waals surface area (Å²) in [6.07, 6.45) is 1.33. The van der Waals surface area contributed by atoms with Crippen LogP contribution in [0.15, 0.2) is 12.1 Å². The lowest BCUT2D eigenvalue weighted by Gasteiger charge is -2.08. The van der Waals surface area contributed by atoms with Crippen molar-refractivity contribution >= 4 is 5.91 Å². The van der Waals surface area contributed by atoms with E-state index in [9.17, 15) is 4.79 Å². The lowest BCUT2D eigenvalue weighted by atomic mass is 10.5. The summed E-state index contributed by atoms with van der Waals surface area (Å²) >= 11 is 0. The maximum absolute atomic E-state index is 10.3. The second-order valence-electron chi connectivity index (χ2n) is 1.46. The summed E-state index contributed by atoms with van der Waals surface area (Å²) in [7, 11) is 0. The van der Waals surface area contributed by atoms with Crippen molar-refractivity contribution in [2.45, 2.75) is 0 Å². The highest BCUT2D eigenvalue weighted by molar-refractivity contribution is 5.80. The van der Waals surface area contributed by atoms with Crippen LogP contribution in [0.5, 0.6) is 0 Å². The molecule has 1 aliphatic rings. The van der Waals surface area contributed by atoms with Crippen molar-refractivity contribution in [2.24, 2.45) is 0 Å². The monoisotopic (exact) mass is 114 g/mol. The van der Waals surface area contributed by atoms with Gasteiger partial charge in [0.1, 0.15) is 0 Å². The Labute approximate surface area is 46.2 Å². The summed E-state index contributed by atoms with van der Waals surface area (Å²) in [5, 5.41) is 13.3. The zero-order valence-electron chi connectivity index (χ0n) is 4.14. The van der Waals surface area contributed by atoms with Gasteiger partial charge in [0, 0.05) is 0 Å². The standard InChI is InChI=1S/C4H6N2O2/c7-3-1-5-2-4(8)6-3/h1,5,7H,2H2,(H,6,8). The first kappa shape index (κ1) is 4.96. The molecule has 0 spiro atoms. The van der Waals surface area contributed by atoms with Gasteiger partial charge in [0.2, 0.25) is 11.8 Å². The normalized spacial score (nSPS) is 18.5. The fourth-order valence-electron chi connectivity index (χ4n) is 0.464. The average Bonchev–Trinajstić information content (AvgIpc) is 1.64. The fourth-order valence-corrected chi connectivity index (χ4v) is 0.464. The Hall–Kier alpha value is -1.19. The van der Waals surface area contributed by atoms with Gasteiger partial charge in [0.05, 0.1) is 12.7 Å². The summed E-state index contributed by atoms with van der Waals surface area (Å²) in [5.41, 5.74) is 0. The van der Waals surface area contributed by atoms with E-state index in [1.54, 1.807) is 0 Å². The molecule has 1 aliphatic heterocycles. The lowest BCUT2D eigenvalue weighted by Crippen LogP contribution is -2.36. The number of nitrogens with one attached hydrogen (secondary N) is 2. The minimum Gasteiger partial charge on any atom is -0.493 e. The van der Waals surface area contributed by atoms with Gasteiger partial charge in [-0.2, -0.15) is 0 Å². The van der Waals surface area contributed by atoms with E-state index in [0.717, 1.165) is 0 Å². The molecule has 0 unspecified atom stereocenters. The highest BCUT2D eigenvalue weighted by Crippen LogP contribution is 1.83. The summed E-state index contributed by atoms with van der Waals surface area (Å²) in [5.74, 6) is -0.341. The molecule has 0 atom stereocenters. The third kappa shape index (κ3) is 0.900. The molecule has 0 saturated carbocycles. The Morgan fingerprint density at radius 1 is 1.75 bits per heavy atom. The van der Waals surface area contributed by atoms with Crippen LogP contribution in [0.2, 0.25) is 0 Å². The van der Waals surface area contributed by atoms with Gasteiger partial charge in [-0.05, 0) is 0 Å². The molecule has 44 valence electrons. The molecular formula is C4H6N2O2. The second-order valence-corrected chi connectivity index (χ2v) is 1.46. The quantitative estimate of drug-likeness (QED) is 0.381. The predicted molar refractivity (Wildman–Crippen MR) is 26.9 cm³/mol. The third-order valence-electron chi connectivity index (χ3n) is 0.769. The van der Waals surface area contributed by atoms with Crippen LogP contribution < -0.4 is 10.6 Å². The molecule has 1 rings (SSSR count). The highest BCUT2D eigenvalue weighted by atomic mass is 16.3. The molecule has 1 heterocycles. The molecule has 0 saturated heterocycles. The van der Waals surface area contributed by atoms with Gasteiger partial charge in [0.25, 0.3) is 0 Å². The molecule has 3 N–H and O–H groups in total. The molecule has 4 nitrogen and oxygen atoms in total. The Kier molecular flexibility index (Phi) is 1.07. The minimum absolute atomic E-state index is 0.124. The van der Waals surface area contributed by atoms with Crippen molar-refractivity contribution in [3.63, 3.8) is 0 Å². The van der Waals surface area contributed by atoms with Gasteiger partial charge in [-0.1, -0.05) is 0 Å². The predicted octanol–water partition coefficient (Wildman–Crippen LogP) is -0.937. The molecule has 4 heteroatoms. The van der Waals surface area contributed by atoms with E-state index in [1.165, 1.54) is 6.20 Å². The topological polar surface area (TPSA) is 61.4 Å². The number of carbonyl (C=O) groups excluding carboxylic acids is 1. The number of rotatable bonds is 0. The van der Waals surface area contributed by atoms with Gasteiger partial charge in [-0.3, -0.25) is 10.1 Å². The fraction of sp³-hybridized carbons (Fsp3) is 0.250. The smallest absolute Gasteiger partial charge is 0.245 e. The average molecular weight is 114 g/mol. The summed E-state index contributed by atoms with van der Waals surface area (Å²) in [4.78, 5) is 10.3. The Bertz CT molecular complexity index is 141. The van der Waals surface area contributed by atoms with Crippen molar-refractivity contribution in [3.05, 3.63) is 12.1 Å². The molecule has 0 aliphatic carbocycles. The molecule has 0 radical (unpaired) electrons. The number of aliphatic hydroxyl groups excluding tert-OH is 1. The number of amides is 1. The molecule has 0 aromatic heterocycles. The van der Waals surface area contributed by atoms with E-state index < -0.39 is 0 Å². The number of aliphatic hydroxyl groups is 1. The lowest BCUT2D eigenvalue weighted by molar-refractivity contribution is -0.120. The molecule has 0 bridgehead atoms. The van der Waals surface area contributed by atoms with E-state index in [1.807, 2.05) is 0 Å². The largest absolute Gasteiger partial charge is 0.493 e. The van der Waals surface area contributed by atoms with Gasteiger partial charge in [0.15, 0.2) is 0 Å². The van der Waals surface area contributed by atoms with Crippen LogP contribution in [-0.2, 0) is 4.79 Å². The Morgan fingerprint density at radius 2 is 2.50 bits per heavy atom. The van der Waals surface area contributed by atoms with Crippen LogP contribution in [0.1, 0.15) is 0 Å². The van der Waals surface area contributed by atoms with E-state index in [2.05, 4.69) is 10.6 Å². The summed E-state index contributed by atoms with van der Waals surface area (Å²) < 4.78 is 0. The number of carbonyl (C=O) groups is 1. The van der Waals surface area contributed by atoms with Crippen LogP contribution in [0.25, 0.3) is 0 Å². The first-order chi connectivity index (χ1) is 3.79. The first-order valence-corrected chi connectivity index (χ1v) is 2.21. The van der Waals surface area contributed by atoms with Gasteiger partial charge >= 0.3 is 0 Å². The van der Waals surface area contributed by atoms with E-state index >= 15 is 0 Å². The van der Waals surface area contributed by atoms with Crippen LogP contribution in [0.4, 0.5) is 0 Å². The summed E-state index contributed by atoms with van der Waals surface area (Å²) in [6, 6.07) is 0. The van der Waals surface area contributed by atoms with Crippen LogP contribution >= 0.6 is 0 Å². The Balaban J connectivity index is 2.57. The molecule has 0 aromatic rings. The van der Waals surface area contributed by atoms with E-state index in [0.29, 0.717) is 0 Å². The van der Waals surface area contributed by atoms with Crippen molar-refractivity contribution in [1.82, 2.24) is 10.6 Å². The third-order valence-corrected chi connectivity index (χ3v) is 0.769. The van der Waals surface area contributed by atoms with Gasteiger partial charge in [-0.15, -0.1) is 0 Å². The van der Waals surface area contributed by atoms with Crippen molar-refractivity contribution in [1.29, 1.82) is 0 Å². The van der Waals surface area contributed by atoms with Crippen LogP contribution in [-0.4, -0.2) is 17.6 Å². The van der Waals surface area contributed by atoms with Crippen molar-refractivity contribution < 1.29 is 9.90 Å². The van der Waals surface area contributed by atoms with Gasteiger partial charge in [-0.25, -0.2) is 0 Å². The highest BCUT2D eigenvalue weighted by Gasteiger charge is 2.05. The number of hydrogen-bond acceptors (Lipinski definition) is 3. The van der Waals surface area contributed by atoms with E-state index in [-0.39, 0.29) is 18.3 Å². The minimum atomic E-state index is -0.218. The van der Waals surface area contributed by atoms with Crippen molar-refractivity contribution in [2.75, 3.05) is 6.54 Å². The van der Waals surface area contributed by atoms with E-state index in [4.69, 9.17) is 5.11 Å². The second kappa shape index (κ2) is 1.73. The maximum atomic E-state index is 10.3. The van der Waals surface area contributed by atoms with Crippen LogP contribution in [0.3, 0.4) is 0 Å². The molecule has 8 heavy (non-hydrogen) atoms. The maximum Gasteiger partial charge on any atom is 0.245 e. The summed E-state index contributed by atoms with van der Waals surface area (Å²) in [6.45, 7) is 0.240. The Morgan fingerprint density at radius 3 is 2.88 bits per heavy atom. The van der Waals surface area contributed by atoms with Crippen molar-refractivity contribution in [3.8, 4) is 0 Å². The molecular weight excluding hydrogens is 108 g/mol. The zero-order chi connectivity index (χ0) is 5.98. The SMILES string of the molecule is O=C1CNC=C(O)N1.